The largest absolute Gasteiger partial charge is 0.438 e. The van der Waals surface area contributed by atoms with Crippen molar-refractivity contribution in [1.82, 2.24) is 0 Å². The van der Waals surface area contributed by atoms with Crippen LogP contribution in [0, 0.1) is 5.41 Å². The molecule has 5 nitrogen and oxygen atoms in total. The summed E-state index contributed by atoms with van der Waals surface area (Å²) in [6.45, 7) is 3.43. The molecule has 0 saturated heterocycles. The van der Waals surface area contributed by atoms with Crippen LogP contribution in [-0.2, 0) is 19.1 Å². The van der Waals surface area contributed by atoms with Crippen LogP contribution in [0.5, 0.6) is 0 Å². The lowest BCUT2D eigenvalue weighted by atomic mass is 9.79. The maximum Gasteiger partial charge on any atom is 0.314 e. The van der Waals surface area contributed by atoms with Crippen molar-refractivity contribution < 1.29 is 24.2 Å². The molecule has 0 amide bonds. The van der Waals surface area contributed by atoms with Crippen LogP contribution < -0.4 is 0 Å². The minimum Gasteiger partial charge on any atom is -0.438 e. The Kier molecular flexibility index (Phi) is 7.20. The van der Waals surface area contributed by atoms with E-state index in [0.717, 1.165) is 0 Å². The van der Waals surface area contributed by atoms with Crippen LogP contribution in [0.15, 0.2) is 12.3 Å². The van der Waals surface area contributed by atoms with Crippen molar-refractivity contribution in [3.8, 4) is 0 Å². The van der Waals surface area contributed by atoms with Crippen molar-refractivity contribution in [2.45, 2.75) is 33.1 Å². The third-order valence-electron chi connectivity index (χ3n) is 2.72. The first kappa shape index (κ1) is 14.6. The zero-order valence-corrected chi connectivity index (χ0v) is 9.64. The van der Waals surface area contributed by atoms with E-state index in [9.17, 15) is 9.59 Å². The highest BCUT2D eigenvalue weighted by Crippen LogP contribution is 2.32. The van der Waals surface area contributed by atoms with Gasteiger partial charge in [0.05, 0.1) is 11.7 Å². The monoisotopic (exact) mass is 230 g/mol. The smallest absolute Gasteiger partial charge is 0.314 e. The number of rotatable bonds is 8. The maximum absolute atomic E-state index is 11.7. The van der Waals surface area contributed by atoms with Crippen LogP contribution in [0.25, 0.3) is 0 Å². The summed E-state index contributed by atoms with van der Waals surface area (Å²) in [5, 5.41) is 8.57. The van der Waals surface area contributed by atoms with Crippen LogP contribution in [0.3, 0.4) is 0 Å². The molecular weight excluding hydrogens is 212 g/mol. The van der Waals surface area contributed by atoms with Gasteiger partial charge >= 0.3 is 5.97 Å². The molecule has 0 aliphatic heterocycles. The van der Waals surface area contributed by atoms with Gasteiger partial charge in [-0.25, -0.2) is 0 Å². The fraction of sp³-hybridized carbons (Fsp3) is 0.636. The molecule has 0 fully saturated rings. The fourth-order valence-corrected chi connectivity index (χ4v) is 1.48. The molecule has 0 spiro atoms. The highest BCUT2D eigenvalue weighted by atomic mass is 16.6. The summed E-state index contributed by atoms with van der Waals surface area (Å²) in [6.07, 6.45) is 4.42. The van der Waals surface area contributed by atoms with Gasteiger partial charge in [0.1, 0.15) is 0 Å². The van der Waals surface area contributed by atoms with Gasteiger partial charge in [0.25, 0.3) is 6.47 Å². The first-order chi connectivity index (χ1) is 7.66. The Morgan fingerprint density at radius 1 is 1.38 bits per heavy atom. The summed E-state index contributed by atoms with van der Waals surface area (Å²) < 4.78 is 9.01. The minimum atomic E-state index is -0.661. The lowest BCUT2D eigenvalue weighted by molar-refractivity contribution is -0.164. The summed E-state index contributed by atoms with van der Waals surface area (Å²) in [7, 11) is 0. The Morgan fingerprint density at radius 3 is 2.44 bits per heavy atom. The van der Waals surface area contributed by atoms with Crippen molar-refractivity contribution >= 4 is 12.4 Å². The average Bonchev–Trinajstić information content (AvgIpc) is 2.30. The molecule has 0 aromatic heterocycles. The molecule has 0 aromatic rings. The molecule has 0 heterocycles. The van der Waals surface area contributed by atoms with Crippen molar-refractivity contribution in [2.75, 3.05) is 6.79 Å². The molecule has 16 heavy (non-hydrogen) atoms. The second-order valence-electron chi connectivity index (χ2n) is 3.36. The third kappa shape index (κ3) is 4.02. The standard InChI is InChI=1S/C11H18O5/c1-3-11(4-2,10(14)16-9-13)6-5-7-15-8-12/h5,7-8,13H,3-4,6,9H2,1-2H3/b7-5+. The number of ether oxygens (including phenoxy) is 2. The zero-order chi connectivity index (χ0) is 12.4. The van der Waals surface area contributed by atoms with Crippen LogP contribution in [0.2, 0.25) is 0 Å². The Morgan fingerprint density at radius 2 is 2.00 bits per heavy atom. The van der Waals surface area contributed by atoms with E-state index in [1.165, 1.54) is 6.26 Å². The van der Waals surface area contributed by atoms with Gasteiger partial charge in [-0.1, -0.05) is 13.8 Å². The Hall–Kier alpha value is -1.36. The highest BCUT2D eigenvalue weighted by molar-refractivity contribution is 5.76. The summed E-state index contributed by atoms with van der Waals surface area (Å²) in [5.41, 5.74) is -0.661. The molecule has 0 unspecified atom stereocenters. The van der Waals surface area contributed by atoms with E-state index in [2.05, 4.69) is 9.47 Å². The van der Waals surface area contributed by atoms with Crippen molar-refractivity contribution in [3.63, 3.8) is 0 Å². The fourth-order valence-electron chi connectivity index (χ4n) is 1.48. The lowest BCUT2D eigenvalue weighted by Gasteiger charge is -2.27. The second-order valence-corrected chi connectivity index (χ2v) is 3.36. The highest BCUT2D eigenvalue weighted by Gasteiger charge is 2.35. The molecule has 0 atom stereocenters. The number of aliphatic hydroxyl groups is 1. The first-order valence-corrected chi connectivity index (χ1v) is 5.19. The van der Waals surface area contributed by atoms with Crippen LogP contribution >= 0.6 is 0 Å². The number of aliphatic hydroxyl groups excluding tert-OH is 1. The van der Waals surface area contributed by atoms with Crippen LogP contribution in [-0.4, -0.2) is 24.3 Å². The molecular formula is C11H18O5. The molecule has 0 aliphatic rings. The van der Waals surface area contributed by atoms with Gasteiger partial charge in [-0.15, -0.1) is 0 Å². The van der Waals surface area contributed by atoms with Gasteiger partial charge < -0.3 is 14.6 Å². The Bertz CT molecular complexity index is 243. The van der Waals surface area contributed by atoms with E-state index in [-0.39, 0.29) is 0 Å². The molecule has 0 aromatic carbocycles. The van der Waals surface area contributed by atoms with Crippen molar-refractivity contribution in [3.05, 3.63) is 12.3 Å². The van der Waals surface area contributed by atoms with Crippen molar-refractivity contribution in [2.24, 2.45) is 5.41 Å². The molecule has 0 aliphatic carbocycles. The van der Waals surface area contributed by atoms with Crippen LogP contribution in [0.4, 0.5) is 0 Å². The minimum absolute atomic E-state index is 0.308. The van der Waals surface area contributed by atoms with E-state index in [1.54, 1.807) is 6.08 Å². The number of esters is 1. The van der Waals surface area contributed by atoms with E-state index in [4.69, 9.17) is 5.11 Å². The molecule has 1 N–H and O–H groups in total. The molecule has 5 heteroatoms. The summed E-state index contributed by atoms with van der Waals surface area (Å²) >= 11 is 0. The van der Waals surface area contributed by atoms with Gasteiger partial charge in [-0.3, -0.25) is 9.59 Å². The van der Waals surface area contributed by atoms with Gasteiger partial charge in [0.15, 0.2) is 6.79 Å². The predicted molar refractivity (Wildman–Crippen MR) is 57.1 cm³/mol. The van der Waals surface area contributed by atoms with Gasteiger partial charge in [-0.2, -0.15) is 0 Å². The van der Waals surface area contributed by atoms with Gasteiger partial charge in [0, 0.05) is 0 Å². The topological polar surface area (TPSA) is 72.8 Å². The Labute approximate surface area is 95.0 Å². The predicted octanol–water partition coefficient (Wildman–Crippen LogP) is 1.36. The summed E-state index contributed by atoms with van der Waals surface area (Å²) in [5.74, 6) is -0.434. The summed E-state index contributed by atoms with van der Waals surface area (Å²) in [6, 6.07) is 0. The molecule has 0 bridgehead atoms. The van der Waals surface area contributed by atoms with E-state index >= 15 is 0 Å². The van der Waals surface area contributed by atoms with E-state index in [1.807, 2.05) is 13.8 Å². The normalized spacial score (nSPS) is 11.4. The number of carbonyl (C=O) groups excluding carboxylic acids is 2. The molecule has 0 rings (SSSR count). The van der Waals surface area contributed by atoms with E-state index in [0.29, 0.717) is 25.7 Å². The zero-order valence-electron chi connectivity index (χ0n) is 9.64. The lowest BCUT2D eigenvalue weighted by Crippen LogP contribution is -2.31. The number of hydrogen-bond acceptors (Lipinski definition) is 5. The Balaban J connectivity index is 4.54. The second kappa shape index (κ2) is 7.87. The quantitative estimate of drug-likeness (QED) is 0.295. The van der Waals surface area contributed by atoms with Gasteiger partial charge in [0.2, 0.25) is 0 Å². The van der Waals surface area contributed by atoms with Crippen LogP contribution in [0.1, 0.15) is 33.1 Å². The third-order valence-corrected chi connectivity index (χ3v) is 2.72. The average molecular weight is 230 g/mol. The van der Waals surface area contributed by atoms with Gasteiger partial charge in [-0.05, 0) is 25.3 Å². The maximum atomic E-state index is 11.7. The first-order valence-electron chi connectivity index (χ1n) is 5.19. The summed E-state index contributed by atoms with van der Waals surface area (Å²) in [4.78, 5) is 21.6. The molecule has 0 radical (unpaired) electrons. The number of carbonyl (C=O) groups is 2. The molecule has 0 saturated carbocycles. The SMILES string of the molecule is CCC(CC)(C/C=C/OC=O)C(=O)OCO. The number of allylic oxidation sites excluding steroid dienone is 1. The van der Waals surface area contributed by atoms with E-state index < -0.39 is 18.2 Å². The molecule has 92 valence electrons. The number of hydrogen-bond donors (Lipinski definition) is 1. The van der Waals surface area contributed by atoms with Crippen molar-refractivity contribution in [1.29, 1.82) is 0 Å².